The van der Waals surface area contributed by atoms with Crippen LogP contribution < -0.4 is 10.6 Å². The van der Waals surface area contributed by atoms with E-state index < -0.39 is 4.92 Å². The summed E-state index contributed by atoms with van der Waals surface area (Å²) in [4.78, 5) is 25.9. The van der Waals surface area contributed by atoms with E-state index in [0.29, 0.717) is 11.1 Å². The van der Waals surface area contributed by atoms with Gasteiger partial charge in [0.1, 0.15) is 5.52 Å². The van der Waals surface area contributed by atoms with Gasteiger partial charge >= 0.3 is 0 Å². The number of oxazole rings is 1. The summed E-state index contributed by atoms with van der Waals surface area (Å²) >= 11 is 0. The van der Waals surface area contributed by atoms with Crippen LogP contribution in [0.5, 0.6) is 0 Å². The topological polar surface area (TPSA) is 110 Å². The number of hydrogen-bond acceptors (Lipinski definition) is 6. The molecule has 2 rings (SSSR count). The highest BCUT2D eigenvalue weighted by atomic mass is 16.6. The first-order valence-corrected chi connectivity index (χ1v) is 6.34. The molecular weight excluding hydrogens is 276 g/mol. The van der Waals surface area contributed by atoms with Crippen LogP contribution in [0.1, 0.15) is 20.8 Å². The Balaban J connectivity index is 2.06. The van der Waals surface area contributed by atoms with Crippen molar-refractivity contribution >= 4 is 28.7 Å². The molecule has 0 atom stereocenters. The molecule has 1 amide bonds. The Bertz CT molecular complexity index is 687. The molecule has 0 radical (unpaired) electrons. The summed E-state index contributed by atoms with van der Waals surface area (Å²) in [7, 11) is 0. The lowest BCUT2D eigenvalue weighted by Gasteiger charge is -2.20. The Hall–Kier alpha value is -2.64. The number of aromatic nitrogens is 1. The minimum atomic E-state index is -0.502. The van der Waals surface area contributed by atoms with Gasteiger partial charge in [0.15, 0.2) is 5.58 Å². The van der Waals surface area contributed by atoms with E-state index in [1.165, 1.54) is 18.2 Å². The maximum Gasteiger partial charge on any atom is 0.296 e. The molecule has 0 fully saturated rings. The van der Waals surface area contributed by atoms with Gasteiger partial charge in [-0.15, -0.1) is 0 Å². The maximum absolute atomic E-state index is 11.7. The van der Waals surface area contributed by atoms with Crippen LogP contribution in [-0.2, 0) is 4.79 Å². The molecule has 0 aliphatic heterocycles. The summed E-state index contributed by atoms with van der Waals surface area (Å²) in [6, 6.07) is 4.28. The minimum absolute atomic E-state index is 0.00614. The highest BCUT2D eigenvalue weighted by molar-refractivity contribution is 5.82. The highest BCUT2D eigenvalue weighted by Gasteiger charge is 2.15. The first-order valence-electron chi connectivity index (χ1n) is 6.34. The van der Waals surface area contributed by atoms with Crippen LogP contribution in [0.25, 0.3) is 11.1 Å². The summed E-state index contributed by atoms with van der Waals surface area (Å²) in [5.74, 6) is -0.198. The number of carbonyl (C=O) groups excluding carboxylic acids is 1. The number of nitrogens with one attached hydrogen (secondary N) is 2. The molecule has 0 saturated carbocycles. The van der Waals surface area contributed by atoms with Gasteiger partial charge in [-0.3, -0.25) is 14.9 Å². The summed E-state index contributed by atoms with van der Waals surface area (Å²) < 4.78 is 5.36. The molecule has 8 heteroatoms. The quantitative estimate of drug-likeness (QED) is 0.659. The zero-order valence-electron chi connectivity index (χ0n) is 12.0. The number of hydrogen-bond donors (Lipinski definition) is 2. The number of nitro benzene ring substituents is 1. The van der Waals surface area contributed by atoms with E-state index in [0.717, 1.165) is 0 Å². The summed E-state index contributed by atoms with van der Waals surface area (Å²) in [5.41, 5.74) is 0.399. The fraction of sp³-hybridized carbons (Fsp3) is 0.385. The molecule has 1 aromatic heterocycles. The van der Waals surface area contributed by atoms with Crippen molar-refractivity contribution in [1.29, 1.82) is 0 Å². The summed E-state index contributed by atoms with van der Waals surface area (Å²) in [6.45, 7) is 5.64. The number of fused-ring (bicyclic) bond motifs is 1. The molecular formula is C13H16N4O4. The molecule has 112 valence electrons. The first-order chi connectivity index (χ1) is 9.74. The maximum atomic E-state index is 11.7. The van der Waals surface area contributed by atoms with E-state index in [1.807, 2.05) is 20.8 Å². The Kier molecular flexibility index (Phi) is 3.79. The Morgan fingerprint density at radius 1 is 1.43 bits per heavy atom. The van der Waals surface area contributed by atoms with Crippen molar-refractivity contribution in [2.45, 2.75) is 26.3 Å². The minimum Gasteiger partial charge on any atom is -0.424 e. The van der Waals surface area contributed by atoms with Crippen molar-refractivity contribution < 1.29 is 14.1 Å². The molecule has 1 heterocycles. The number of benzene rings is 1. The van der Waals surface area contributed by atoms with Crippen LogP contribution in [0.4, 0.5) is 11.7 Å². The van der Waals surface area contributed by atoms with Gasteiger partial charge < -0.3 is 15.1 Å². The van der Waals surface area contributed by atoms with Gasteiger partial charge in [0.2, 0.25) is 5.91 Å². The van der Waals surface area contributed by atoms with Crippen molar-refractivity contribution in [2.75, 3.05) is 11.9 Å². The van der Waals surface area contributed by atoms with Gasteiger partial charge in [-0.25, -0.2) is 0 Å². The third-order valence-electron chi connectivity index (χ3n) is 2.50. The standard InChI is InChI=1S/C13H16N4O4/c1-13(2,3)16-11(18)7-14-12-15-9-6-8(17(19)20)4-5-10(9)21-12/h4-6H,7H2,1-3H3,(H,14,15)(H,16,18). The molecule has 2 N–H and O–H groups in total. The zero-order valence-corrected chi connectivity index (χ0v) is 12.0. The lowest BCUT2D eigenvalue weighted by atomic mass is 10.1. The lowest BCUT2D eigenvalue weighted by Crippen LogP contribution is -2.43. The average Bonchev–Trinajstić information content (AvgIpc) is 2.75. The Morgan fingerprint density at radius 2 is 2.14 bits per heavy atom. The van der Waals surface area contributed by atoms with Crippen LogP contribution in [0, 0.1) is 10.1 Å². The van der Waals surface area contributed by atoms with Gasteiger partial charge in [0.25, 0.3) is 11.7 Å². The van der Waals surface area contributed by atoms with Crippen molar-refractivity contribution in [2.24, 2.45) is 0 Å². The monoisotopic (exact) mass is 292 g/mol. The van der Waals surface area contributed by atoms with Crippen molar-refractivity contribution in [3.8, 4) is 0 Å². The molecule has 0 bridgehead atoms. The number of anilines is 1. The average molecular weight is 292 g/mol. The number of nitro groups is 1. The third kappa shape index (κ3) is 3.91. The number of carbonyl (C=O) groups is 1. The van der Waals surface area contributed by atoms with Gasteiger partial charge in [-0.1, -0.05) is 0 Å². The van der Waals surface area contributed by atoms with E-state index in [9.17, 15) is 14.9 Å². The van der Waals surface area contributed by atoms with Crippen molar-refractivity contribution in [3.63, 3.8) is 0 Å². The molecule has 0 aliphatic carbocycles. The molecule has 0 aliphatic rings. The zero-order chi connectivity index (χ0) is 15.6. The lowest BCUT2D eigenvalue weighted by molar-refractivity contribution is -0.384. The van der Waals surface area contributed by atoms with Gasteiger partial charge in [-0.05, 0) is 26.8 Å². The molecule has 21 heavy (non-hydrogen) atoms. The second-order valence-corrected chi connectivity index (χ2v) is 5.58. The second kappa shape index (κ2) is 5.39. The number of rotatable bonds is 4. The molecule has 1 aromatic carbocycles. The van der Waals surface area contributed by atoms with E-state index >= 15 is 0 Å². The van der Waals surface area contributed by atoms with Crippen LogP contribution >= 0.6 is 0 Å². The molecule has 2 aromatic rings. The smallest absolute Gasteiger partial charge is 0.296 e. The molecule has 8 nitrogen and oxygen atoms in total. The predicted octanol–water partition coefficient (Wildman–Crippen LogP) is 2.06. The second-order valence-electron chi connectivity index (χ2n) is 5.58. The SMILES string of the molecule is CC(C)(C)NC(=O)CNc1nc2cc([N+](=O)[O-])ccc2o1. The van der Waals surface area contributed by atoms with Crippen LogP contribution in [0.15, 0.2) is 22.6 Å². The Morgan fingerprint density at radius 3 is 2.76 bits per heavy atom. The molecule has 0 unspecified atom stereocenters. The van der Waals surface area contributed by atoms with E-state index in [2.05, 4.69) is 15.6 Å². The van der Waals surface area contributed by atoms with E-state index in [4.69, 9.17) is 4.42 Å². The summed E-state index contributed by atoms with van der Waals surface area (Å²) in [5, 5.41) is 16.2. The number of amides is 1. The van der Waals surface area contributed by atoms with Crippen LogP contribution in [-0.4, -0.2) is 27.9 Å². The number of nitrogens with zero attached hydrogens (tertiary/aromatic N) is 2. The largest absolute Gasteiger partial charge is 0.424 e. The number of non-ortho nitro benzene ring substituents is 1. The fourth-order valence-corrected chi connectivity index (χ4v) is 1.72. The molecule has 0 spiro atoms. The predicted molar refractivity (Wildman–Crippen MR) is 77.0 cm³/mol. The normalized spacial score (nSPS) is 11.4. The Labute approximate surface area is 120 Å². The van der Waals surface area contributed by atoms with Gasteiger partial charge in [0.05, 0.1) is 11.5 Å². The molecule has 0 saturated heterocycles. The van der Waals surface area contributed by atoms with Crippen LogP contribution in [0.2, 0.25) is 0 Å². The van der Waals surface area contributed by atoms with E-state index in [1.54, 1.807) is 0 Å². The van der Waals surface area contributed by atoms with Gasteiger partial charge in [-0.2, -0.15) is 4.98 Å². The first kappa shape index (κ1) is 14.8. The van der Waals surface area contributed by atoms with E-state index in [-0.39, 0.29) is 29.7 Å². The fourth-order valence-electron chi connectivity index (χ4n) is 1.72. The van der Waals surface area contributed by atoms with Gasteiger partial charge in [0, 0.05) is 17.7 Å². The highest BCUT2D eigenvalue weighted by Crippen LogP contribution is 2.23. The van der Waals surface area contributed by atoms with Crippen molar-refractivity contribution in [1.82, 2.24) is 10.3 Å². The van der Waals surface area contributed by atoms with Crippen LogP contribution in [0.3, 0.4) is 0 Å². The third-order valence-corrected chi connectivity index (χ3v) is 2.50. The van der Waals surface area contributed by atoms with Crippen molar-refractivity contribution in [3.05, 3.63) is 28.3 Å². The summed E-state index contributed by atoms with van der Waals surface area (Å²) in [6.07, 6.45) is 0.